The van der Waals surface area contributed by atoms with Crippen LogP contribution in [0.15, 0.2) is 24.3 Å². The van der Waals surface area contributed by atoms with Gasteiger partial charge in [0.1, 0.15) is 5.60 Å². The van der Waals surface area contributed by atoms with Crippen molar-refractivity contribution < 1.29 is 14.5 Å². The van der Waals surface area contributed by atoms with Gasteiger partial charge in [-0.15, -0.1) is 0 Å². The fourth-order valence-corrected chi connectivity index (χ4v) is 5.94. The predicted molar refractivity (Wildman–Crippen MR) is 93.2 cm³/mol. The minimum absolute atomic E-state index is 0.0138. The van der Waals surface area contributed by atoms with Crippen molar-refractivity contribution in [1.29, 1.82) is 0 Å². The van der Waals surface area contributed by atoms with Crippen molar-refractivity contribution in [2.75, 3.05) is 0 Å². The number of rotatable bonds is 3. The molecule has 0 radical (unpaired) electrons. The van der Waals surface area contributed by atoms with Gasteiger partial charge < -0.3 is 4.74 Å². The topological polar surface area (TPSA) is 69.4 Å². The second kappa shape index (κ2) is 5.55. The van der Waals surface area contributed by atoms with Gasteiger partial charge in [0, 0.05) is 17.5 Å². The summed E-state index contributed by atoms with van der Waals surface area (Å²) >= 11 is 0. The van der Waals surface area contributed by atoms with Crippen LogP contribution in [-0.2, 0) is 4.74 Å². The lowest BCUT2D eigenvalue weighted by Gasteiger charge is -2.49. The standard InChI is InChI=1S/C20H25NO4/c1-19-10-13-7-14(11-19)9-15(8-13)12-20(19,2)25-18(22)16-3-5-17(6-4-16)21(23)24/h3-6,13-15H,7-12H2,1-2H3/t13-,14+,15?,19?,20?. The van der Waals surface area contributed by atoms with E-state index in [1.54, 1.807) is 0 Å². The Kier molecular flexibility index (Phi) is 3.67. The number of carbonyl (C=O) groups excluding carboxylic acids is 1. The van der Waals surface area contributed by atoms with Gasteiger partial charge in [0.05, 0.1) is 10.5 Å². The first kappa shape index (κ1) is 16.6. The van der Waals surface area contributed by atoms with Crippen molar-refractivity contribution in [1.82, 2.24) is 0 Å². The SMILES string of the molecule is CC12C[C@@H]3CC(C[C@@H](C3)C1)CC2(C)OC(=O)c1ccc([N+](=O)[O-])cc1. The van der Waals surface area contributed by atoms with Crippen molar-refractivity contribution in [2.45, 2.75) is 58.0 Å². The summed E-state index contributed by atoms with van der Waals surface area (Å²) in [4.78, 5) is 23.1. The molecule has 0 amide bonds. The molecule has 4 aliphatic carbocycles. The van der Waals surface area contributed by atoms with Gasteiger partial charge in [0.25, 0.3) is 5.69 Å². The van der Waals surface area contributed by atoms with E-state index < -0.39 is 10.5 Å². The van der Waals surface area contributed by atoms with Crippen molar-refractivity contribution in [2.24, 2.45) is 23.2 Å². The number of fused-ring (bicyclic) bond motifs is 1. The largest absolute Gasteiger partial charge is 0.455 e. The lowest BCUT2D eigenvalue weighted by atomic mass is 9.59. The van der Waals surface area contributed by atoms with E-state index in [2.05, 4.69) is 13.8 Å². The van der Waals surface area contributed by atoms with Crippen molar-refractivity contribution in [3.05, 3.63) is 39.9 Å². The van der Waals surface area contributed by atoms with Gasteiger partial charge in [-0.2, -0.15) is 0 Å². The molecule has 4 fully saturated rings. The molecule has 0 heterocycles. The molecule has 0 aromatic heterocycles. The molecule has 1 aromatic carbocycles. The fraction of sp³-hybridized carbons (Fsp3) is 0.650. The minimum Gasteiger partial charge on any atom is -0.455 e. The quantitative estimate of drug-likeness (QED) is 0.451. The van der Waals surface area contributed by atoms with Crippen LogP contribution in [0.1, 0.15) is 62.7 Å². The van der Waals surface area contributed by atoms with E-state index in [4.69, 9.17) is 4.74 Å². The van der Waals surface area contributed by atoms with Crippen LogP contribution >= 0.6 is 0 Å². The molecule has 5 nitrogen and oxygen atoms in total. The molecule has 5 atom stereocenters. The van der Waals surface area contributed by atoms with Gasteiger partial charge in [-0.3, -0.25) is 10.1 Å². The van der Waals surface area contributed by atoms with E-state index in [1.807, 2.05) is 0 Å². The van der Waals surface area contributed by atoms with Crippen LogP contribution in [-0.4, -0.2) is 16.5 Å². The van der Waals surface area contributed by atoms with Crippen LogP contribution in [0.5, 0.6) is 0 Å². The molecule has 1 aromatic rings. The number of hydrogen-bond acceptors (Lipinski definition) is 4. The number of nitro benzene ring substituents is 1. The summed E-state index contributed by atoms with van der Waals surface area (Å²) in [6, 6.07) is 5.71. The molecule has 0 aliphatic heterocycles. The monoisotopic (exact) mass is 343 g/mol. The Labute approximate surface area is 147 Å². The Bertz CT molecular complexity index is 699. The Balaban J connectivity index is 1.58. The number of carbonyl (C=O) groups is 1. The predicted octanol–water partition coefficient (Wildman–Crippen LogP) is 4.75. The van der Waals surface area contributed by atoms with E-state index in [0.29, 0.717) is 11.5 Å². The van der Waals surface area contributed by atoms with E-state index in [1.165, 1.54) is 43.5 Å². The van der Waals surface area contributed by atoms with Crippen LogP contribution in [0.25, 0.3) is 0 Å². The highest BCUT2D eigenvalue weighted by Crippen LogP contribution is 2.61. The third-order valence-electron chi connectivity index (χ3n) is 7.07. The molecule has 5 rings (SSSR count). The highest BCUT2D eigenvalue weighted by atomic mass is 16.6. The van der Waals surface area contributed by atoms with Gasteiger partial charge >= 0.3 is 5.97 Å². The maximum atomic E-state index is 12.7. The molecule has 4 saturated carbocycles. The number of hydrogen-bond donors (Lipinski definition) is 0. The third-order valence-corrected chi connectivity index (χ3v) is 7.07. The van der Waals surface area contributed by atoms with Crippen molar-refractivity contribution >= 4 is 11.7 Å². The van der Waals surface area contributed by atoms with Gasteiger partial charge in [-0.05, 0) is 75.3 Å². The van der Waals surface area contributed by atoms with E-state index in [0.717, 1.165) is 31.1 Å². The van der Waals surface area contributed by atoms with E-state index in [-0.39, 0.29) is 17.1 Å². The number of ether oxygens (including phenoxy) is 1. The number of benzene rings is 1. The molecular formula is C20H25NO4. The summed E-state index contributed by atoms with van der Waals surface area (Å²) in [7, 11) is 0. The molecule has 5 heteroatoms. The van der Waals surface area contributed by atoms with Crippen LogP contribution in [0.4, 0.5) is 5.69 Å². The van der Waals surface area contributed by atoms with Gasteiger partial charge in [-0.1, -0.05) is 6.92 Å². The highest BCUT2D eigenvalue weighted by molar-refractivity contribution is 5.90. The lowest BCUT2D eigenvalue weighted by Crippen LogP contribution is -2.49. The molecule has 25 heavy (non-hydrogen) atoms. The van der Waals surface area contributed by atoms with Crippen LogP contribution in [0, 0.1) is 33.3 Å². The van der Waals surface area contributed by atoms with E-state index >= 15 is 0 Å². The minimum atomic E-state index is -0.460. The fourth-order valence-electron chi connectivity index (χ4n) is 5.94. The maximum absolute atomic E-state index is 12.7. The Morgan fingerprint density at radius 1 is 1.04 bits per heavy atom. The Morgan fingerprint density at radius 3 is 2.08 bits per heavy atom. The summed E-state index contributed by atoms with van der Waals surface area (Å²) < 4.78 is 6.12. The lowest BCUT2D eigenvalue weighted by molar-refractivity contribution is -0.384. The number of nitrogens with zero attached hydrogens (tertiary/aromatic N) is 1. The van der Waals surface area contributed by atoms with Crippen LogP contribution < -0.4 is 0 Å². The van der Waals surface area contributed by atoms with Crippen molar-refractivity contribution in [3.8, 4) is 0 Å². The molecule has 0 N–H and O–H groups in total. The molecule has 0 saturated heterocycles. The number of esters is 1. The van der Waals surface area contributed by atoms with Crippen LogP contribution in [0.3, 0.4) is 0 Å². The first-order chi connectivity index (χ1) is 11.8. The summed E-state index contributed by atoms with van der Waals surface area (Å²) in [6.45, 7) is 4.41. The Morgan fingerprint density at radius 2 is 1.56 bits per heavy atom. The average Bonchev–Trinajstić information content (AvgIpc) is 2.64. The normalized spacial score (nSPS) is 39.0. The smallest absolute Gasteiger partial charge is 0.338 e. The second-order valence-electron chi connectivity index (χ2n) is 8.90. The van der Waals surface area contributed by atoms with Gasteiger partial charge in [0.15, 0.2) is 0 Å². The third kappa shape index (κ3) is 2.74. The molecular weight excluding hydrogens is 318 g/mol. The Hall–Kier alpha value is -1.91. The number of nitro groups is 1. The van der Waals surface area contributed by atoms with Crippen LogP contribution in [0.2, 0.25) is 0 Å². The summed E-state index contributed by atoms with van der Waals surface area (Å²) in [5, 5.41) is 10.8. The van der Waals surface area contributed by atoms with Gasteiger partial charge in [0.2, 0.25) is 0 Å². The second-order valence-corrected chi connectivity index (χ2v) is 8.90. The average molecular weight is 343 g/mol. The molecule has 4 aliphatic rings. The maximum Gasteiger partial charge on any atom is 0.338 e. The van der Waals surface area contributed by atoms with Gasteiger partial charge in [-0.25, -0.2) is 4.79 Å². The molecule has 3 unspecified atom stereocenters. The highest BCUT2D eigenvalue weighted by Gasteiger charge is 2.57. The zero-order valence-electron chi connectivity index (χ0n) is 14.9. The van der Waals surface area contributed by atoms with E-state index in [9.17, 15) is 14.9 Å². The first-order valence-electron chi connectivity index (χ1n) is 9.26. The molecule has 0 spiro atoms. The number of non-ortho nitro benzene ring substituents is 1. The molecule has 4 bridgehead atoms. The van der Waals surface area contributed by atoms with Crippen molar-refractivity contribution in [3.63, 3.8) is 0 Å². The zero-order chi connectivity index (χ0) is 17.8. The summed E-state index contributed by atoms with van der Waals surface area (Å²) in [6.07, 6.45) is 7.12. The summed E-state index contributed by atoms with van der Waals surface area (Å²) in [5.41, 5.74) is -0.0533. The first-order valence-corrected chi connectivity index (χ1v) is 9.26. The zero-order valence-corrected chi connectivity index (χ0v) is 14.9. The molecule has 134 valence electrons. The summed E-state index contributed by atoms with van der Waals surface area (Å²) in [5.74, 6) is 1.85.